The van der Waals surface area contributed by atoms with E-state index in [2.05, 4.69) is 10.6 Å². The summed E-state index contributed by atoms with van der Waals surface area (Å²) in [6.45, 7) is 0.117. The van der Waals surface area contributed by atoms with Crippen LogP contribution in [0.1, 0.15) is 20.0 Å². The van der Waals surface area contributed by atoms with E-state index in [0.29, 0.717) is 27.6 Å². The number of fused-ring (bicyclic) bond motifs is 1. The molecule has 6 nitrogen and oxygen atoms in total. The van der Waals surface area contributed by atoms with E-state index in [1.165, 1.54) is 29.5 Å². The van der Waals surface area contributed by atoms with Crippen LogP contribution in [-0.2, 0) is 0 Å². The molecule has 27 heavy (non-hydrogen) atoms. The van der Waals surface area contributed by atoms with Crippen LogP contribution < -0.4 is 20.1 Å². The number of amides is 2. The molecule has 1 aliphatic heterocycles. The summed E-state index contributed by atoms with van der Waals surface area (Å²) in [5.74, 6) is -0.336. The Morgan fingerprint density at radius 2 is 1.81 bits per heavy atom. The molecule has 2 heterocycles. The van der Waals surface area contributed by atoms with Gasteiger partial charge in [0.05, 0.1) is 10.6 Å². The Balaban J connectivity index is 1.50. The number of ether oxygens (including phenoxy) is 2. The number of nitrogens with one attached hydrogen (secondary N) is 2. The molecule has 0 radical (unpaired) electrons. The lowest BCUT2D eigenvalue weighted by atomic mass is 10.1. The molecule has 136 valence electrons. The van der Waals surface area contributed by atoms with Gasteiger partial charge in [0.1, 0.15) is 5.82 Å². The molecule has 2 N–H and O–H groups in total. The molecule has 0 fully saturated rings. The van der Waals surface area contributed by atoms with E-state index < -0.39 is 17.6 Å². The zero-order valence-corrected chi connectivity index (χ0v) is 14.6. The van der Waals surface area contributed by atoms with Crippen molar-refractivity contribution in [3.63, 3.8) is 0 Å². The Morgan fingerprint density at radius 1 is 0.963 bits per heavy atom. The zero-order valence-electron chi connectivity index (χ0n) is 13.8. The van der Waals surface area contributed by atoms with Gasteiger partial charge in [-0.05, 0) is 47.8 Å². The predicted octanol–water partition coefficient (Wildman–Crippen LogP) is 4.12. The molecule has 0 saturated carbocycles. The lowest BCUT2D eigenvalue weighted by molar-refractivity contribution is 0.102. The average Bonchev–Trinajstić information content (AvgIpc) is 3.35. The maximum absolute atomic E-state index is 14.0. The first-order valence-electron chi connectivity index (χ1n) is 7.95. The quantitative estimate of drug-likeness (QED) is 0.709. The summed E-state index contributed by atoms with van der Waals surface area (Å²) in [6, 6.07) is 12.2. The van der Waals surface area contributed by atoms with E-state index in [4.69, 9.17) is 9.47 Å². The van der Waals surface area contributed by atoms with Gasteiger partial charge < -0.3 is 20.1 Å². The molecule has 0 atom stereocenters. The summed E-state index contributed by atoms with van der Waals surface area (Å²) < 4.78 is 24.5. The van der Waals surface area contributed by atoms with Gasteiger partial charge in [0.2, 0.25) is 6.79 Å². The number of carbonyl (C=O) groups is 2. The van der Waals surface area contributed by atoms with Crippen molar-refractivity contribution in [1.82, 2.24) is 0 Å². The summed E-state index contributed by atoms with van der Waals surface area (Å²) >= 11 is 1.25. The minimum Gasteiger partial charge on any atom is -0.454 e. The monoisotopic (exact) mass is 384 g/mol. The van der Waals surface area contributed by atoms with Crippen LogP contribution in [-0.4, -0.2) is 18.6 Å². The van der Waals surface area contributed by atoms with Gasteiger partial charge in [-0.3, -0.25) is 9.59 Å². The molecule has 1 aromatic heterocycles. The first-order chi connectivity index (χ1) is 13.1. The fourth-order valence-corrected chi connectivity index (χ4v) is 3.15. The Morgan fingerprint density at radius 3 is 2.63 bits per heavy atom. The van der Waals surface area contributed by atoms with Crippen LogP contribution in [0.4, 0.5) is 15.8 Å². The summed E-state index contributed by atoms with van der Waals surface area (Å²) in [6.07, 6.45) is 0. The Labute approximate surface area is 157 Å². The summed E-state index contributed by atoms with van der Waals surface area (Å²) in [7, 11) is 0. The fraction of sp³-hybridized carbons (Fsp3) is 0.0526. The number of rotatable bonds is 4. The molecule has 0 aliphatic carbocycles. The lowest BCUT2D eigenvalue weighted by Gasteiger charge is -2.10. The third-order valence-corrected chi connectivity index (χ3v) is 4.72. The van der Waals surface area contributed by atoms with Crippen molar-refractivity contribution in [1.29, 1.82) is 0 Å². The Kier molecular flexibility index (Phi) is 4.47. The molecule has 2 aromatic carbocycles. The van der Waals surface area contributed by atoms with Crippen LogP contribution in [0.5, 0.6) is 11.5 Å². The van der Waals surface area contributed by atoms with Crippen molar-refractivity contribution in [2.24, 2.45) is 0 Å². The smallest absolute Gasteiger partial charge is 0.265 e. The Hall–Kier alpha value is -3.39. The molecule has 0 spiro atoms. The van der Waals surface area contributed by atoms with Crippen LogP contribution in [0.3, 0.4) is 0 Å². The number of hydrogen-bond donors (Lipinski definition) is 2. The van der Waals surface area contributed by atoms with Gasteiger partial charge in [0, 0.05) is 11.3 Å². The van der Waals surface area contributed by atoms with Crippen molar-refractivity contribution in [3.05, 3.63) is 70.2 Å². The molecule has 0 unspecified atom stereocenters. The van der Waals surface area contributed by atoms with E-state index in [-0.39, 0.29) is 12.5 Å². The minimum absolute atomic E-state index is 0.0168. The number of thiophene rings is 1. The third kappa shape index (κ3) is 3.61. The second-order valence-corrected chi connectivity index (χ2v) is 6.60. The largest absolute Gasteiger partial charge is 0.454 e. The highest BCUT2D eigenvalue weighted by Crippen LogP contribution is 2.32. The second-order valence-electron chi connectivity index (χ2n) is 5.65. The van der Waals surface area contributed by atoms with Crippen LogP contribution in [0.25, 0.3) is 0 Å². The zero-order chi connectivity index (χ0) is 18.8. The highest BCUT2D eigenvalue weighted by atomic mass is 32.1. The van der Waals surface area contributed by atoms with Crippen molar-refractivity contribution >= 4 is 34.5 Å². The van der Waals surface area contributed by atoms with Gasteiger partial charge in [-0.15, -0.1) is 11.3 Å². The highest BCUT2D eigenvalue weighted by Gasteiger charge is 2.17. The molecule has 0 saturated heterocycles. The fourth-order valence-electron chi connectivity index (χ4n) is 2.53. The summed E-state index contributed by atoms with van der Waals surface area (Å²) in [5.41, 5.74) is 0.699. The maximum atomic E-state index is 14.0. The van der Waals surface area contributed by atoms with Crippen molar-refractivity contribution < 1.29 is 23.5 Å². The van der Waals surface area contributed by atoms with E-state index in [1.54, 1.807) is 35.7 Å². The summed E-state index contributed by atoms with van der Waals surface area (Å²) in [4.78, 5) is 25.0. The molecular weight excluding hydrogens is 371 g/mol. The normalized spacial score (nSPS) is 11.9. The SMILES string of the molecule is O=C(Nc1ccc(F)c(NC(=O)c2cccs2)c1)c1ccc2c(c1)OCO2. The van der Waals surface area contributed by atoms with Crippen molar-refractivity contribution in [2.75, 3.05) is 17.4 Å². The molecule has 8 heteroatoms. The number of anilines is 2. The number of carbonyl (C=O) groups excluding carboxylic acids is 2. The molecule has 1 aliphatic rings. The van der Waals surface area contributed by atoms with E-state index in [9.17, 15) is 14.0 Å². The van der Waals surface area contributed by atoms with Gasteiger partial charge >= 0.3 is 0 Å². The van der Waals surface area contributed by atoms with Crippen LogP contribution in [0, 0.1) is 5.82 Å². The van der Waals surface area contributed by atoms with Gasteiger partial charge in [-0.2, -0.15) is 0 Å². The van der Waals surface area contributed by atoms with Gasteiger partial charge in [-0.1, -0.05) is 6.07 Å². The van der Waals surface area contributed by atoms with E-state index in [1.807, 2.05) is 0 Å². The van der Waals surface area contributed by atoms with Gasteiger partial charge in [0.25, 0.3) is 11.8 Å². The minimum atomic E-state index is -0.596. The van der Waals surface area contributed by atoms with Crippen molar-refractivity contribution in [3.8, 4) is 11.5 Å². The second kappa shape index (κ2) is 7.08. The topological polar surface area (TPSA) is 76.7 Å². The molecular formula is C19H13FN2O4S. The molecule has 3 aromatic rings. The van der Waals surface area contributed by atoms with Gasteiger partial charge in [-0.25, -0.2) is 4.39 Å². The number of hydrogen-bond acceptors (Lipinski definition) is 5. The maximum Gasteiger partial charge on any atom is 0.265 e. The number of benzene rings is 2. The van der Waals surface area contributed by atoms with Crippen LogP contribution >= 0.6 is 11.3 Å². The van der Waals surface area contributed by atoms with E-state index >= 15 is 0 Å². The first kappa shape index (κ1) is 17.0. The van der Waals surface area contributed by atoms with Crippen molar-refractivity contribution in [2.45, 2.75) is 0 Å². The highest BCUT2D eigenvalue weighted by molar-refractivity contribution is 7.12. The number of halogens is 1. The molecule has 2 amide bonds. The van der Waals surface area contributed by atoms with E-state index in [0.717, 1.165) is 0 Å². The Bertz CT molecular complexity index is 1020. The van der Waals surface area contributed by atoms with Crippen LogP contribution in [0.2, 0.25) is 0 Å². The lowest BCUT2D eigenvalue weighted by Crippen LogP contribution is -2.14. The third-order valence-electron chi connectivity index (χ3n) is 3.85. The van der Waals surface area contributed by atoms with Gasteiger partial charge in [0.15, 0.2) is 11.5 Å². The van der Waals surface area contributed by atoms with Crippen LogP contribution in [0.15, 0.2) is 53.9 Å². The average molecular weight is 384 g/mol. The predicted molar refractivity (Wildman–Crippen MR) is 99.2 cm³/mol. The first-order valence-corrected chi connectivity index (χ1v) is 8.83. The molecule has 4 rings (SSSR count). The standard InChI is InChI=1S/C19H13FN2O4S/c20-13-5-4-12(9-14(13)22-19(24)17-2-1-7-27-17)21-18(23)11-3-6-15-16(8-11)26-10-25-15/h1-9H,10H2,(H,21,23)(H,22,24). The molecule has 0 bridgehead atoms. The summed E-state index contributed by atoms with van der Waals surface area (Å²) in [5, 5.41) is 6.94.